The summed E-state index contributed by atoms with van der Waals surface area (Å²) in [5.41, 5.74) is 0.946. The number of aliphatic hydroxyl groups excluding tert-OH is 1. The van der Waals surface area contributed by atoms with Crippen LogP contribution in [0.5, 0.6) is 5.75 Å². The molecule has 0 fully saturated rings. The molecule has 102 valence electrons. The molecule has 0 saturated carbocycles. The molecule has 2 heterocycles. The highest BCUT2D eigenvalue weighted by molar-refractivity contribution is 6.64. The lowest BCUT2D eigenvalue weighted by atomic mass is 9.77. The first kappa shape index (κ1) is 13.1. The van der Waals surface area contributed by atoms with E-state index >= 15 is 0 Å². The van der Waals surface area contributed by atoms with Crippen LogP contribution >= 0.6 is 11.8 Å². The van der Waals surface area contributed by atoms with Crippen LogP contribution in [0.4, 0.5) is 4.39 Å². The standard InChI is InChI=1S/C11H12BClFNO4/c13-15-3-9-10-7(14)1-2-8-11(10)12(19-9)18-6(4-16)5-17-8/h1-2,6,9,15-16H,3-5H2/t6-,9-/m1/s1. The Labute approximate surface area is 114 Å². The summed E-state index contributed by atoms with van der Waals surface area (Å²) >= 11 is 5.47. The van der Waals surface area contributed by atoms with Crippen LogP contribution < -0.4 is 15.0 Å². The van der Waals surface area contributed by atoms with Crippen molar-refractivity contribution in [2.45, 2.75) is 12.2 Å². The van der Waals surface area contributed by atoms with Gasteiger partial charge in [0, 0.05) is 17.6 Å². The van der Waals surface area contributed by atoms with Crippen molar-refractivity contribution in [3.63, 3.8) is 0 Å². The third kappa shape index (κ3) is 2.21. The second kappa shape index (κ2) is 5.26. The Kier molecular flexibility index (Phi) is 3.64. The fraction of sp³-hybridized carbons (Fsp3) is 0.455. The second-order valence-corrected chi connectivity index (χ2v) is 4.69. The second-order valence-electron chi connectivity index (χ2n) is 4.42. The topological polar surface area (TPSA) is 60.0 Å². The highest BCUT2D eigenvalue weighted by Gasteiger charge is 2.44. The molecule has 0 spiro atoms. The van der Waals surface area contributed by atoms with Gasteiger partial charge < -0.3 is 19.2 Å². The van der Waals surface area contributed by atoms with Gasteiger partial charge in [-0.25, -0.2) is 9.23 Å². The van der Waals surface area contributed by atoms with E-state index < -0.39 is 19.3 Å². The van der Waals surface area contributed by atoms with E-state index in [1.54, 1.807) is 6.07 Å². The highest BCUT2D eigenvalue weighted by atomic mass is 35.5. The van der Waals surface area contributed by atoms with Gasteiger partial charge in [-0.3, -0.25) is 0 Å². The summed E-state index contributed by atoms with van der Waals surface area (Å²) in [4.78, 5) is 2.44. The van der Waals surface area contributed by atoms with E-state index in [-0.39, 0.29) is 25.6 Å². The van der Waals surface area contributed by atoms with Crippen LogP contribution in [0.3, 0.4) is 0 Å². The molecule has 2 atom stereocenters. The van der Waals surface area contributed by atoms with Crippen LogP contribution in [0, 0.1) is 5.82 Å². The van der Waals surface area contributed by atoms with E-state index in [0.717, 1.165) is 0 Å². The molecule has 1 aromatic rings. The number of benzene rings is 1. The Morgan fingerprint density at radius 3 is 3.05 bits per heavy atom. The molecule has 0 bridgehead atoms. The average Bonchev–Trinajstić information content (AvgIpc) is 2.66. The average molecular weight is 287 g/mol. The largest absolute Gasteiger partial charge is 0.499 e. The first-order valence-electron chi connectivity index (χ1n) is 5.95. The van der Waals surface area contributed by atoms with Crippen molar-refractivity contribution in [2.75, 3.05) is 19.8 Å². The van der Waals surface area contributed by atoms with Gasteiger partial charge >= 0.3 is 7.12 Å². The molecular formula is C11H12BClFNO4. The minimum atomic E-state index is -0.740. The molecule has 0 amide bonds. The molecule has 0 saturated heterocycles. The number of aliphatic hydroxyl groups is 1. The zero-order chi connectivity index (χ0) is 13.4. The maximum Gasteiger partial charge on any atom is 0.499 e. The quantitative estimate of drug-likeness (QED) is 0.610. The van der Waals surface area contributed by atoms with Gasteiger partial charge in [-0.1, -0.05) is 0 Å². The summed E-state index contributed by atoms with van der Waals surface area (Å²) in [5, 5.41) is 9.18. The lowest BCUT2D eigenvalue weighted by molar-refractivity contribution is 0.0490. The van der Waals surface area contributed by atoms with Crippen LogP contribution in [0.25, 0.3) is 0 Å². The molecule has 3 rings (SSSR count). The number of hydrogen-bond donors (Lipinski definition) is 2. The summed E-state index contributed by atoms with van der Waals surface area (Å²) in [7, 11) is -0.740. The van der Waals surface area contributed by atoms with Crippen LogP contribution in [0.15, 0.2) is 12.1 Å². The van der Waals surface area contributed by atoms with Crippen molar-refractivity contribution in [2.24, 2.45) is 0 Å². The van der Waals surface area contributed by atoms with Gasteiger partial charge in [0.05, 0.1) is 12.7 Å². The molecule has 5 nitrogen and oxygen atoms in total. The summed E-state index contributed by atoms with van der Waals surface area (Å²) < 4.78 is 30.7. The predicted octanol–water partition coefficient (Wildman–Crippen LogP) is 0.105. The van der Waals surface area contributed by atoms with Crippen molar-refractivity contribution in [1.29, 1.82) is 0 Å². The Balaban J connectivity index is 2.03. The van der Waals surface area contributed by atoms with Crippen molar-refractivity contribution < 1.29 is 23.5 Å². The van der Waals surface area contributed by atoms with Gasteiger partial charge in [-0.05, 0) is 23.9 Å². The van der Waals surface area contributed by atoms with Crippen molar-refractivity contribution in [1.82, 2.24) is 4.84 Å². The molecule has 0 aliphatic carbocycles. The van der Waals surface area contributed by atoms with E-state index in [9.17, 15) is 9.50 Å². The number of halogens is 2. The Morgan fingerprint density at radius 2 is 2.32 bits per heavy atom. The molecule has 19 heavy (non-hydrogen) atoms. The first-order valence-corrected chi connectivity index (χ1v) is 6.32. The number of ether oxygens (including phenoxy) is 1. The first-order chi connectivity index (χ1) is 9.24. The van der Waals surface area contributed by atoms with Crippen molar-refractivity contribution in [3.05, 3.63) is 23.5 Å². The summed E-state index contributed by atoms with van der Waals surface area (Å²) in [6, 6.07) is 2.88. The van der Waals surface area contributed by atoms with Crippen molar-refractivity contribution in [3.8, 4) is 5.75 Å². The normalized spacial score (nSPS) is 24.9. The van der Waals surface area contributed by atoms with E-state index in [0.29, 0.717) is 16.8 Å². The monoisotopic (exact) mass is 287 g/mol. The Bertz CT molecular complexity index is 492. The smallest absolute Gasteiger partial charge is 0.491 e. The number of nitrogens with one attached hydrogen (secondary N) is 1. The summed E-state index contributed by atoms with van der Waals surface area (Å²) in [6.07, 6.45) is -1.05. The highest BCUT2D eigenvalue weighted by Crippen LogP contribution is 2.32. The third-order valence-corrected chi connectivity index (χ3v) is 3.40. The van der Waals surface area contributed by atoms with Gasteiger partial charge in [0.2, 0.25) is 0 Å². The van der Waals surface area contributed by atoms with E-state index in [2.05, 4.69) is 4.84 Å². The van der Waals surface area contributed by atoms with Gasteiger partial charge in [0.1, 0.15) is 24.3 Å². The van der Waals surface area contributed by atoms with Crippen LogP contribution in [-0.2, 0) is 9.31 Å². The van der Waals surface area contributed by atoms with E-state index in [1.807, 2.05) is 0 Å². The number of hydrogen-bond acceptors (Lipinski definition) is 5. The van der Waals surface area contributed by atoms with Crippen LogP contribution in [0.1, 0.15) is 11.7 Å². The minimum Gasteiger partial charge on any atom is -0.491 e. The molecule has 0 aromatic heterocycles. The van der Waals surface area contributed by atoms with Gasteiger partial charge in [-0.2, -0.15) is 0 Å². The summed E-state index contributed by atoms with van der Waals surface area (Å²) in [6.45, 7) is 0.259. The zero-order valence-corrected chi connectivity index (χ0v) is 10.7. The summed E-state index contributed by atoms with van der Waals surface area (Å²) in [5.74, 6) is 0.141. The maximum absolute atomic E-state index is 14.0. The molecule has 1 aromatic carbocycles. The fourth-order valence-corrected chi connectivity index (χ4v) is 2.52. The predicted molar refractivity (Wildman–Crippen MR) is 66.9 cm³/mol. The van der Waals surface area contributed by atoms with Crippen LogP contribution in [0.2, 0.25) is 0 Å². The minimum absolute atomic E-state index is 0.190. The van der Waals surface area contributed by atoms with Gasteiger partial charge in [0.15, 0.2) is 0 Å². The Morgan fingerprint density at radius 1 is 1.47 bits per heavy atom. The third-order valence-electron chi connectivity index (χ3n) is 3.25. The van der Waals surface area contributed by atoms with Gasteiger partial charge in [-0.15, -0.1) is 0 Å². The van der Waals surface area contributed by atoms with E-state index in [4.69, 9.17) is 25.8 Å². The van der Waals surface area contributed by atoms with Crippen LogP contribution in [-0.4, -0.2) is 38.1 Å². The van der Waals surface area contributed by atoms with E-state index in [1.165, 1.54) is 6.07 Å². The Hall–Kier alpha value is -0.855. The van der Waals surface area contributed by atoms with Gasteiger partial charge in [0.25, 0.3) is 0 Å². The fourth-order valence-electron chi connectivity index (χ4n) is 2.38. The zero-order valence-electron chi connectivity index (χ0n) is 9.94. The molecule has 2 aliphatic rings. The molecular weight excluding hydrogens is 275 g/mol. The molecule has 2 N–H and O–H groups in total. The lowest BCUT2D eigenvalue weighted by Gasteiger charge is -2.17. The molecule has 2 aliphatic heterocycles. The van der Waals surface area contributed by atoms with Crippen molar-refractivity contribution >= 4 is 24.4 Å². The SMILES string of the molecule is OC[C@@H]1COc2ccc(F)c3c2B(O1)O[C@@H]3CNCl. The molecule has 8 heteroatoms. The number of rotatable bonds is 3. The molecule has 0 radical (unpaired) electrons. The lowest BCUT2D eigenvalue weighted by Crippen LogP contribution is -2.36. The molecule has 0 unspecified atom stereocenters. The maximum atomic E-state index is 14.0.